The van der Waals surface area contributed by atoms with E-state index in [4.69, 9.17) is 0 Å². The molecule has 0 saturated carbocycles. The molecule has 19 heavy (non-hydrogen) atoms. The molecule has 5 nitrogen and oxygen atoms in total. The monoisotopic (exact) mass is 322 g/mol. The molecule has 1 aliphatic rings. The zero-order valence-corrected chi connectivity index (χ0v) is 12.2. The van der Waals surface area contributed by atoms with Gasteiger partial charge in [0.05, 0.1) is 12.6 Å². The van der Waals surface area contributed by atoms with Crippen molar-refractivity contribution in [2.45, 2.75) is 26.1 Å². The van der Waals surface area contributed by atoms with Gasteiger partial charge >= 0.3 is 0 Å². The Hall–Kier alpha value is -1.40. The molecule has 0 aliphatic carbocycles. The second kappa shape index (κ2) is 4.94. The topological polar surface area (TPSA) is 54.2 Å². The number of aliphatic hydroxyl groups excluding tert-OH is 1. The number of aliphatic hydroxyl groups is 1. The summed E-state index contributed by atoms with van der Waals surface area (Å²) in [5.41, 5.74) is 2.04. The summed E-state index contributed by atoms with van der Waals surface area (Å²) < 4.78 is 3.02. The molecular weight excluding hydrogens is 308 g/mol. The molecule has 2 heterocycles. The van der Waals surface area contributed by atoms with Crippen LogP contribution in [0.1, 0.15) is 24.4 Å². The van der Waals surface area contributed by atoms with Crippen LogP contribution in [0.5, 0.6) is 0 Å². The smallest absolute Gasteiger partial charge is 0.152 e. The predicted octanol–water partition coefficient (Wildman–Crippen LogP) is 2.11. The molecule has 0 saturated heterocycles. The summed E-state index contributed by atoms with van der Waals surface area (Å²) in [6.45, 7) is 4.37. The standard InChI is InChI=1S/C13H15BrN4O/c1-9(19)11-3-2-10(6-12(11)14)17-4-5-18-8-15-16-13(18)7-17/h2-3,6,8-9,19H,4-5,7H2,1H3/t9-/m1/s1. The van der Waals surface area contributed by atoms with E-state index in [2.05, 4.69) is 35.6 Å². The molecule has 1 aliphatic heterocycles. The van der Waals surface area contributed by atoms with Gasteiger partial charge in [0, 0.05) is 23.2 Å². The highest BCUT2D eigenvalue weighted by molar-refractivity contribution is 9.10. The number of nitrogens with zero attached hydrogens (tertiary/aromatic N) is 4. The summed E-state index contributed by atoms with van der Waals surface area (Å²) >= 11 is 3.52. The summed E-state index contributed by atoms with van der Waals surface area (Å²) in [7, 11) is 0. The highest BCUT2D eigenvalue weighted by Gasteiger charge is 2.18. The first-order valence-corrected chi connectivity index (χ1v) is 7.03. The van der Waals surface area contributed by atoms with E-state index in [0.717, 1.165) is 41.2 Å². The van der Waals surface area contributed by atoms with Crippen LogP contribution >= 0.6 is 15.9 Å². The fraction of sp³-hybridized carbons (Fsp3) is 0.385. The quantitative estimate of drug-likeness (QED) is 0.920. The number of halogens is 1. The van der Waals surface area contributed by atoms with Crippen molar-refractivity contribution in [3.63, 3.8) is 0 Å². The van der Waals surface area contributed by atoms with Crippen molar-refractivity contribution in [3.05, 3.63) is 40.4 Å². The first-order valence-electron chi connectivity index (χ1n) is 6.24. The fourth-order valence-corrected chi connectivity index (χ4v) is 3.04. The van der Waals surface area contributed by atoms with Gasteiger partial charge in [-0.2, -0.15) is 0 Å². The van der Waals surface area contributed by atoms with Crippen LogP contribution in [0.3, 0.4) is 0 Å². The Balaban J connectivity index is 1.86. The Morgan fingerprint density at radius 1 is 1.37 bits per heavy atom. The zero-order chi connectivity index (χ0) is 13.4. The molecule has 0 fully saturated rings. The lowest BCUT2D eigenvalue weighted by molar-refractivity contribution is 0.198. The van der Waals surface area contributed by atoms with Crippen molar-refractivity contribution in [1.82, 2.24) is 14.8 Å². The molecule has 0 unspecified atom stereocenters. The van der Waals surface area contributed by atoms with E-state index in [1.807, 2.05) is 18.2 Å². The number of rotatable bonds is 2. The lowest BCUT2D eigenvalue weighted by Crippen LogP contribution is -2.33. The van der Waals surface area contributed by atoms with Gasteiger partial charge in [-0.15, -0.1) is 10.2 Å². The third-order valence-corrected chi connectivity index (χ3v) is 4.12. The SMILES string of the molecule is C[C@@H](O)c1ccc(N2CCn3cnnc3C2)cc1Br. The Morgan fingerprint density at radius 3 is 2.95 bits per heavy atom. The second-order valence-corrected chi connectivity index (χ2v) is 5.60. The summed E-state index contributed by atoms with van der Waals surface area (Å²) in [6.07, 6.45) is 1.31. The van der Waals surface area contributed by atoms with Gasteiger partial charge in [0.25, 0.3) is 0 Å². The lowest BCUT2D eigenvalue weighted by atomic mass is 10.1. The number of hydrogen-bond acceptors (Lipinski definition) is 4. The largest absolute Gasteiger partial charge is 0.389 e. The fourth-order valence-electron chi connectivity index (χ4n) is 2.34. The Kier molecular flexibility index (Phi) is 3.28. The molecule has 3 rings (SSSR count). The summed E-state index contributed by atoms with van der Waals surface area (Å²) in [5.74, 6) is 0.988. The van der Waals surface area contributed by atoms with Gasteiger partial charge in [0.2, 0.25) is 0 Å². The summed E-state index contributed by atoms with van der Waals surface area (Å²) in [4.78, 5) is 2.26. The van der Waals surface area contributed by atoms with Gasteiger partial charge in [0.15, 0.2) is 5.82 Å². The molecular formula is C13H15BrN4O. The van der Waals surface area contributed by atoms with Crippen LogP contribution in [0.25, 0.3) is 0 Å². The summed E-state index contributed by atoms with van der Waals surface area (Å²) in [5, 5.41) is 17.7. The van der Waals surface area contributed by atoms with E-state index in [-0.39, 0.29) is 0 Å². The van der Waals surface area contributed by atoms with E-state index >= 15 is 0 Å². The zero-order valence-electron chi connectivity index (χ0n) is 10.6. The van der Waals surface area contributed by atoms with Crippen molar-refractivity contribution in [2.24, 2.45) is 0 Å². The number of benzene rings is 1. The van der Waals surface area contributed by atoms with Crippen LogP contribution in [-0.2, 0) is 13.1 Å². The highest BCUT2D eigenvalue weighted by atomic mass is 79.9. The molecule has 2 aromatic rings. The Bertz CT molecular complexity index is 596. The van der Waals surface area contributed by atoms with Gasteiger partial charge in [-0.1, -0.05) is 22.0 Å². The Morgan fingerprint density at radius 2 is 2.21 bits per heavy atom. The minimum Gasteiger partial charge on any atom is -0.389 e. The van der Waals surface area contributed by atoms with Crippen LogP contribution in [-0.4, -0.2) is 26.4 Å². The van der Waals surface area contributed by atoms with Crippen molar-refractivity contribution in [1.29, 1.82) is 0 Å². The van der Waals surface area contributed by atoms with Crippen LogP contribution in [0, 0.1) is 0 Å². The molecule has 0 radical (unpaired) electrons. The van der Waals surface area contributed by atoms with Crippen molar-refractivity contribution >= 4 is 21.6 Å². The highest BCUT2D eigenvalue weighted by Crippen LogP contribution is 2.29. The second-order valence-electron chi connectivity index (χ2n) is 4.74. The number of anilines is 1. The maximum Gasteiger partial charge on any atom is 0.152 e. The molecule has 0 spiro atoms. The van der Waals surface area contributed by atoms with E-state index in [0.29, 0.717) is 0 Å². The third kappa shape index (κ3) is 2.37. The maximum atomic E-state index is 9.64. The predicted molar refractivity (Wildman–Crippen MR) is 75.8 cm³/mol. The molecule has 6 heteroatoms. The van der Waals surface area contributed by atoms with E-state index < -0.39 is 6.10 Å². The number of hydrogen-bond donors (Lipinski definition) is 1. The minimum absolute atomic E-state index is 0.465. The summed E-state index contributed by atoms with van der Waals surface area (Å²) in [6, 6.07) is 6.05. The number of fused-ring (bicyclic) bond motifs is 1. The molecule has 1 N–H and O–H groups in total. The molecule has 1 aromatic carbocycles. The van der Waals surface area contributed by atoms with Crippen LogP contribution in [0.4, 0.5) is 5.69 Å². The van der Waals surface area contributed by atoms with Gasteiger partial charge in [-0.3, -0.25) is 0 Å². The lowest BCUT2D eigenvalue weighted by Gasteiger charge is -2.29. The first-order chi connectivity index (χ1) is 9.15. The molecule has 1 aromatic heterocycles. The molecule has 0 bridgehead atoms. The van der Waals surface area contributed by atoms with Crippen LogP contribution in [0.2, 0.25) is 0 Å². The van der Waals surface area contributed by atoms with Crippen molar-refractivity contribution in [2.75, 3.05) is 11.4 Å². The van der Waals surface area contributed by atoms with Crippen molar-refractivity contribution in [3.8, 4) is 0 Å². The van der Waals surface area contributed by atoms with Gasteiger partial charge in [0.1, 0.15) is 6.33 Å². The minimum atomic E-state index is -0.465. The van der Waals surface area contributed by atoms with Gasteiger partial charge < -0.3 is 14.6 Å². The average Bonchev–Trinajstić information content (AvgIpc) is 2.85. The van der Waals surface area contributed by atoms with E-state index in [1.54, 1.807) is 13.3 Å². The Labute approximate surface area is 120 Å². The molecule has 100 valence electrons. The van der Waals surface area contributed by atoms with Crippen LogP contribution < -0.4 is 4.90 Å². The molecule has 0 amide bonds. The van der Waals surface area contributed by atoms with Gasteiger partial charge in [-0.25, -0.2) is 0 Å². The van der Waals surface area contributed by atoms with Crippen molar-refractivity contribution < 1.29 is 5.11 Å². The normalized spacial score (nSPS) is 16.3. The van der Waals surface area contributed by atoms with Gasteiger partial charge in [-0.05, 0) is 24.6 Å². The molecule has 1 atom stereocenters. The maximum absolute atomic E-state index is 9.64. The number of aromatic nitrogens is 3. The third-order valence-electron chi connectivity index (χ3n) is 3.44. The van der Waals surface area contributed by atoms with Crippen LogP contribution in [0.15, 0.2) is 29.0 Å². The van der Waals surface area contributed by atoms with E-state index in [1.165, 1.54) is 0 Å². The average molecular weight is 323 g/mol. The van der Waals surface area contributed by atoms with E-state index in [9.17, 15) is 5.11 Å². The first kappa shape index (κ1) is 12.6.